The Balaban J connectivity index is 1.41. The van der Waals surface area contributed by atoms with Crippen LogP contribution in [0.1, 0.15) is 18.4 Å². The monoisotopic (exact) mass is 413 g/mol. The van der Waals surface area contributed by atoms with E-state index in [1.807, 2.05) is 37.3 Å². The fraction of sp³-hybridized carbons (Fsp3) is 0.286. The number of aryl methyl sites for hydroxylation is 1. The van der Waals surface area contributed by atoms with Gasteiger partial charge in [0.25, 0.3) is 5.91 Å². The number of anilines is 1. The number of nitrogens with one attached hydrogen (secondary N) is 1. The van der Waals surface area contributed by atoms with Crippen LogP contribution in [0.3, 0.4) is 0 Å². The van der Waals surface area contributed by atoms with Gasteiger partial charge in [-0.15, -0.1) is 0 Å². The molecule has 1 unspecified atom stereocenters. The summed E-state index contributed by atoms with van der Waals surface area (Å²) < 4.78 is 11.5. The Morgan fingerprint density at radius 1 is 1.24 bits per heavy atom. The summed E-state index contributed by atoms with van der Waals surface area (Å²) in [5, 5.41) is 8.86. The van der Waals surface area contributed by atoms with Crippen molar-refractivity contribution in [2.75, 3.05) is 18.2 Å². The average molecular weight is 414 g/mol. The molecule has 2 aliphatic heterocycles. The Kier molecular flexibility index (Phi) is 5.40. The van der Waals surface area contributed by atoms with Gasteiger partial charge in [0.15, 0.2) is 11.5 Å². The number of rotatable bonds is 4. The minimum absolute atomic E-state index is 0.179. The first kappa shape index (κ1) is 19.3. The summed E-state index contributed by atoms with van der Waals surface area (Å²) in [6.45, 7) is 2.49. The molecule has 1 N–H and O–H groups in total. The van der Waals surface area contributed by atoms with Gasteiger partial charge in [0.2, 0.25) is 5.91 Å². The van der Waals surface area contributed by atoms with Crippen molar-refractivity contribution in [3.8, 4) is 11.5 Å². The van der Waals surface area contributed by atoms with E-state index in [0.717, 1.165) is 5.56 Å². The molecular formula is C21H20ClN3O4. The minimum Gasteiger partial charge on any atom is -0.486 e. The number of para-hydroxylation sites is 2. The second-order valence-electron chi connectivity index (χ2n) is 6.89. The summed E-state index contributed by atoms with van der Waals surface area (Å²) in [7, 11) is 0. The van der Waals surface area contributed by atoms with Crippen LogP contribution >= 0.6 is 11.6 Å². The van der Waals surface area contributed by atoms with Crippen molar-refractivity contribution in [2.24, 2.45) is 5.10 Å². The number of benzene rings is 2. The van der Waals surface area contributed by atoms with E-state index in [1.165, 1.54) is 5.01 Å². The van der Waals surface area contributed by atoms with Crippen LogP contribution in [-0.2, 0) is 9.59 Å². The zero-order valence-corrected chi connectivity index (χ0v) is 16.6. The molecule has 2 aliphatic rings. The smallest absolute Gasteiger partial charge is 0.267 e. The molecular weight excluding hydrogens is 394 g/mol. The number of hydrazone groups is 1. The van der Waals surface area contributed by atoms with Gasteiger partial charge in [-0.25, -0.2) is 5.01 Å². The number of hydrogen-bond acceptors (Lipinski definition) is 5. The van der Waals surface area contributed by atoms with Crippen LogP contribution in [0.15, 0.2) is 47.6 Å². The lowest BCUT2D eigenvalue weighted by Crippen LogP contribution is -2.44. The van der Waals surface area contributed by atoms with Crippen molar-refractivity contribution in [2.45, 2.75) is 25.9 Å². The molecule has 2 heterocycles. The molecule has 2 amide bonds. The maximum atomic E-state index is 12.6. The number of halogens is 1. The Morgan fingerprint density at radius 2 is 2.03 bits per heavy atom. The Hall–Kier alpha value is -3.06. The zero-order chi connectivity index (χ0) is 20.4. The molecule has 1 atom stereocenters. The zero-order valence-electron chi connectivity index (χ0n) is 15.9. The molecule has 0 bridgehead atoms. The van der Waals surface area contributed by atoms with Gasteiger partial charge in [-0.1, -0.05) is 29.8 Å². The number of nitrogens with zero attached hydrogens (tertiary/aromatic N) is 2. The maximum Gasteiger partial charge on any atom is 0.267 e. The van der Waals surface area contributed by atoms with Gasteiger partial charge >= 0.3 is 0 Å². The highest BCUT2D eigenvalue weighted by Crippen LogP contribution is 2.30. The second kappa shape index (κ2) is 8.13. The van der Waals surface area contributed by atoms with Crippen LogP contribution in [-0.4, -0.2) is 36.8 Å². The lowest BCUT2D eigenvalue weighted by atomic mass is 10.1. The van der Waals surface area contributed by atoms with Gasteiger partial charge in [0.05, 0.1) is 12.2 Å². The van der Waals surface area contributed by atoms with Crippen molar-refractivity contribution >= 4 is 34.8 Å². The third-order valence-electron chi connectivity index (χ3n) is 4.75. The molecule has 0 radical (unpaired) electrons. The van der Waals surface area contributed by atoms with Crippen LogP contribution in [0.2, 0.25) is 5.02 Å². The van der Waals surface area contributed by atoms with Gasteiger partial charge in [-0.3, -0.25) is 9.59 Å². The summed E-state index contributed by atoms with van der Waals surface area (Å²) in [6, 6.07) is 12.6. The molecule has 0 saturated carbocycles. The van der Waals surface area contributed by atoms with Gasteiger partial charge < -0.3 is 14.8 Å². The van der Waals surface area contributed by atoms with Crippen LogP contribution < -0.4 is 19.8 Å². The molecule has 2 aromatic rings. The highest BCUT2D eigenvalue weighted by atomic mass is 35.5. The quantitative estimate of drug-likeness (QED) is 0.835. The van der Waals surface area contributed by atoms with Crippen molar-refractivity contribution in [1.29, 1.82) is 0 Å². The van der Waals surface area contributed by atoms with Crippen LogP contribution in [0, 0.1) is 6.92 Å². The Morgan fingerprint density at radius 3 is 2.83 bits per heavy atom. The van der Waals surface area contributed by atoms with Crippen LogP contribution in [0.4, 0.5) is 5.69 Å². The fourth-order valence-electron chi connectivity index (χ4n) is 3.10. The van der Waals surface area contributed by atoms with Gasteiger partial charge in [-0.2, -0.15) is 5.10 Å². The van der Waals surface area contributed by atoms with E-state index in [0.29, 0.717) is 34.5 Å². The third kappa shape index (κ3) is 4.19. The Bertz CT molecular complexity index is 992. The van der Waals surface area contributed by atoms with E-state index in [1.54, 1.807) is 12.1 Å². The highest BCUT2D eigenvalue weighted by molar-refractivity contribution is 6.40. The number of hydrogen-bond donors (Lipinski definition) is 1. The summed E-state index contributed by atoms with van der Waals surface area (Å²) in [5.74, 6) is 0.837. The normalized spacial score (nSPS) is 18.3. The third-order valence-corrected chi connectivity index (χ3v) is 5.16. The molecule has 2 aromatic carbocycles. The summed E-state index contributed by atoms with van der Waals surface area (Å²) in [6.07, 6.45) is 0.187. The van der Waals surface area contributed by atoms with Gasteiger partial charge in [-0.05, 0) is 36.8 Å². The number of carbonyl (C=O) groups is 2. The highest BCUT2D eigenvalue weighted by Gasteiger charge is 2.27. The summed E-state index contributed by atoms with van der Waals surface area (Å²) in [4.78, 5) is 24.9. The van der Waals surface area contributed by atoms with E-state index in [2.05, 4.69) is 10.4 Å². The van der Waals surface area contributed by atoms with Crippen molar-refractivity contribution < 1.29 is 19.1 Å². The molecule has 0 saturated heterocycles. The molecule has 29 heavy (non-hydrogen) atoms. The predicted octanol–water partition coefficient (Wildman–Crippen LogP) is 3.09. The summed E-state index contributed by atoms with van der Waals surface area (Å²) in [5.41, 5.74) is 1.73. The number of fused-ring (bicyclic) bond motifs is 1. The molecule has 4 rings (SSSR count). The largest absolute Gasteiger partial charge is 0.486 e. The first-order chi connectivity index (χ1) is 14.0. The van der Waals surface area contributed by atoms with E-state index < -0.39 is 0 Å². The van der Waals surface area contributed by atoms with Crippen LogP contribution in [0.25, 0.3) is 0 Å². The fourth-order valence-corrected chi connectivity index (χ4v) is 3.28. The molecule has 7 nitrogen and oxygen atoms in total. The standard InChI is InChI=1S/C21H20ClN3O4/c1-13-6-7-14(10-16(13)22)25-20(26)9-8-17(24-25)21(27)23-11-15-12-28-18-4-2-3-5-19(18)29-15/h2-7,10,15H,8-9,11-12H2,1H3,(H,23,27). The first-order valence-electron chi connectivity index (χ1n) is 9.34. The molecule has 0 aliphatic carbocycles. The minimum atomic E-state index is -0.330. The summed E-state index contributed by atoms with van der Waals surface area (Å²) >= 11 is 6.16. The SMILES string of the molecule is Cc1ccc(N2N=C(C(=O)NCC3COc4ccccc4O3)CCC2=O)cc1Cl. The number of amides is 2. The van der Waals surface area contributed by atoms with Crippen LogP contribution in [0.5, 0.6) is 11.5 Å². The van der Waals surface area contributed by atoms with E-state index in [4.69, 9.17) is 21.1 Å². The lowest BCUT2D eigenvalue weighted by molar-refractivity contribution is -0.119. The van der Waals surface area contributed by atoms with Crippen molar-refractivity contribution in [3.05, 3.63) is 53.1 Å². The Labute approximate surface area is 173 Å². The predicted molar refractivity (Wildman–Crippen MR) is 110 cm³/mol. The average Bonchev–Trinajstić information content (AvgIpc) is 2.74. The lowest BCUT2D eigenvalue weighted by Gasteiger charge is -2.27. The van der Waals surface area contributed by atoms with Gasteiger partial charge in [0, 0.05) is 17.9 Å². The van der Waals surface area contributed by atoms with E-state index in [9.17, 15) is 9.59 Å². The van der Waals surface area contributed by atoms with E-state index >= 15 is 0 Å². The molecule has 0 aromatic heterocycles. The number of carbonyl (C=O) groups excluding carboxylic acids is 2. The molecule has 0 spiro atoms. The van der Waals surface area contributed by atoms with Gasteiger partial charge in [0.1, 0.15) is 18.4 Å². The maximum absolute atomic E-state index is 12.6. The van der Waals surface area contributed by atoms with E-state index in [-0.39, 0.29) is 37.3 Å². The topological polar surface area (TPSA) is 80.2 Å². The number of ether oxygens (including phenoxy) is 2. The van der Waals surface area contributed by atoms with Crippen molar-refractivity contribution in [1.82, 2.24) is 5.32 Å². The first-order valence-corrected chi connectivity index (χ1v) is 9.72. The second-order valence-corrected chi connectivity index (χ2v) is 7.30. The molecule has 8 heteroatoms. The molecule has 150 valence electrons. The molecule has 0 fully saturated rings. The van der Waals surface area contributed by atoms with Crippen molar-refractivity contribution in [3.63, 3.8) is 0 Å².